The number of benzene rings is 1. The van der Waals surface area contributed by atoms with Crippen molar-refractivity contribution in [2.45, 2.75) is 59.1 Å². The SMILES string of the molecule is CC(=O)c1c(C)cc(C)c(COC(=O)C2CCN(S(=O)(=O)c3cn(C)c(C)n3)CC2)c1C. The van der Waals surface area contributed by atoms with Gasteiger partial charge in [-0.05, 0) is 69.7 Å². The van der Waals surface area contributed by atoms with E-state index in [0.717, 1.165) is 22.3 Å². The van der Waals surface area contributed by atoms with Crippen LogP contribution in [0.15, 0.2) is 17.3 Å². The minimum Gasteiger partial charge on any atom is -0.461 e. The van der Waals surface area contributed by atoms with E-state index in [0.29, 0.717) is 24.2 Å². The summed E-state index contributed by atoms with van der Waals surface area (Å²) in [6, 6.07) is 1.94. The maximum absolute atomic E-state index is 12.8. The molecule has 9 heteroatoms. The van der Waals surface area contributed by atoms with Crippen LogP contribution >= 0.6 is 0 Å². The smallest absolute Gasteiger partial charge is 0.309 e. The highest BCUT2D eigenvalue weighted by molar-refractivity contribution is 7.89. The Morgan fingerprint density at radius 1 is 1.12 bits per heavy atom. The number of ketones is 1. The van der Waals surface area contributed by atoms with Crippen LogP contribution in [0.4, 0.5) is 0 Å². The summed E-state index contributed by atoms with van der Waals surface area (Å²) in [6.07, 6.45) is 2.30. The molecule has 0 atom stereocenters. The molecule has 174 valence electrons. The van der Waals surface area contributed by atoms with Crippen LogP contribution < -0.4 is 0 Å². The number of hydrogen-bond donors (Lipinski definition) is 0. The molecule has 3 rings (SSSR count). The van der Waals surface area contributed by atoms with E-state index >= 15 is 0 Å². The molecule has 1 saturated heterocycles. The van der Waals surface area contributed by atoms with E-state index in [4.69, 9.17) is 4.74 Å². The molecule has 0 N–H and O–H groups in total. The fraction of sp³-hybridized carbons (Fsp3) is 0.522. The second-order valence-corrected chi connectivity index (χ2v) is 10.5. The minimum absolute atomic E-state index is 0.00995. The molecule has 1 aliphatic heterocycles. The van der Waals surface area contributed by atoms with Crippen molar-refractivity contribution < 1.29 is 22.7 Å². The zero-order valence-corrected chi connectivity index (χ0v) is 20.4. The molecule has 0 spiro atoms. The van der Waals surface area contributed by atoms with Gasteiger partial charge in [-0.15, -0.1) is 0 Å². The van der Waals surface area contributed by atoms with Crippen LogP contribution in [0.1, 0.15) is 58.2 Å². The van der Waals surface area contributed by atoms with Gasteiger partial charge in [0.1, 0.15) is 12.4 Å². The average molecular weight is 462 g/mol. The number of esters is 1. The Kier molecular flexibility index (Phi) is 6.90. The lowest BCUT2D eigenvalue weighted by Crippen LogP contribution is -2.40. The first-order valence-corrected chi connectivity index (χ1v) is 12.1. The van der Waals surface area contributed by atoms with Crippen LogP contribution in [0.5, 0.6) is 0 Å². The second-order valence-electron chi connectivity index (χ2n) is 8.57. The first-order valence-electron chi connectivity index (χ1n) is 10.7. The van der Waals surface area contributed by atoms with E-state index in [9.17, 15) is 18.0 Å². The van der Waals surface area contributed by atoms with Crippen LogP contribution in [-0.2, 0) is 33.2 Å². The molecule has 1 aromatic heterocycles. The number of ether oxygens (including phenoxy) is 1. The number of hydrogen-bond acceptors (Lipinski definition) is 6. The van der Waals surface area contributed by atoms with Gasteiger partial charge in [0.15, 0.2) is 10.8 Å². The van der Waals surface area contributed by atoms with Crippen molar-refractivity contribution in [1.82, 2.24) is 13.9 Å². The van der Waals surface area contributed by atoms with Crippen LogP contribution in [0, 0.1) is 33.6 Å². The van der Waals surface area contributed by atoms with Gasteiger partial charge in [-0.1, -0.05) is 6.07 Å². The third-order valence-electron chi connectivity index (χ3n) is 6.32. The molecule has 0 radical (unpaired) electrons. The van der Waals surface area contributed by atoms with Gasteiger partial charge in [0.2, 0.25) is 0 Å². The quantitative estimate of drug-likeness (QED) is 0.484. The molecule has 32 heavy (non-hydrogen) atoms. The van der Waals surface area contributed by atoms with Crippen molar-refractivity contribution in [3.05, 3.63) is 45.9 Å². The molecule has 0 amide bonds. The Balaban J connectivity index is 1.63. The van der Waals surface area contributed by atoms with E-state index in [2.05, 4.69) is 4.98 Å². The zero-order valence-electron chi connectivity index (χ0n) is 19.6. The highest BCUT2D eigenvalue weighted by atomic mass is 32.2. The summed E-state index contributed by atoms with van der Waals surface area (Å²) in [4.78, 5) is 28.8. The minimum atomic E-state index is -3.68. The first kappa shape index (κ1) is 24.1. The number of aryl methyl sites for hydroxylation is 4. The van der Waals surface area contributed by atoms with Gasteiger partial charge in [0.05, 0.1) is 5.92 Å². The van der Waals surface area contributed by atoms with Crippen LogP contribution in [-0.4, -0.2) is 47.1 Å². The van der Waals surface area contributed by atoms with E-state index in [1.165, 1.54) is 17.4 Å². The molecule has 0 bridgehead atoms. The van der Waals surface area contributed by atoms with Crippen molar-refractivity contribution in [1.29, 1.82) is 0 Å². The highest BCUT2D eigenvalue weighted by Crippen LogP contribution is 2.27. The Bertz CT molecular complexity index is 1140. The van der Waals surface area contributed by atoms with Gasteiger partial charge < -0.3 is 9.30 Å². The molecule has 1 aromatic carbocycles. The Morgan fingerprint density at radius 3 is 2.28 bits per heavy atom. The molecule has 2 heterocycles. The number of carbonyl (C=O) groups is 2. The monoisotopic (exact) mass is 461 g/mol. The number of rotatable bonds is 6. The number of Topliss-reactive ketones (excluding diaryl/α,β-unsaturated/α-hetero) is 1. The fourth-order valence-electron chi connectivity index (χ4n) is 4.37. The van der Waals surface area contributed by atoms with Gasteiger partial charge in [0.25, 0.3) is 10.0 Å². The summed E-state index contributed by atoms with van der Waals surface area (Å²) in [5.74, 6) is -0.0781. The number of sulfonamides is 1. The third kappa shape index (κ3) is 4.63. The molecule has 2 aromatic rings. The molecule has 0 saturated carbocycles. The topological polar surface area (TPSA) is 98.6 Å². The fourth-order valence-corrected chi connectivity index (χ4v) is 5.86. The Hall–Kier alpha value is -2.52. The standard InChI is InChI=1S/C23H31N3O5S/c1-14-11-15(2)22(17(4)27)16(3)20(14)13-31-23(28)19-7-9-26(10-8-19)32(29,30)21-12-25(6)18(5)24-21/h11-12,19H,7-10,13H2,1-6H3. The average Bonchev–Trinajstić information content (AvgIpc) is 3.06. The van der Waals surface area contributed by atoms with Crippen molar-refractivity contribution in [2.24, 2.45) is 13.0 Å². The predicted molar refractivity (Wildman–Crippen MR) is 120 cm³/mol. The van der Waals surface area contributed by atoms with Crippen molar-refractivity contribution >= 4 is 21.8 Å². The van der Waals surface area contributed by atoms with E-state index in [-0.39, 0.29) is 42.4 Å². The number of piperidine rings is 1. The lowest BCUT2D eigenvalue weighted by atomic mass is 9.92. The number of aromatic nitrogens is 2. The Morgan fingerprint density at radius 2 is 1.75 bits per heavy atom. The van der Waals surface area contributed by atoms with Gasteiger partial charge in [-0.25, -0.2) is 13.4 Å². The molecular weight excluding hydrogens is 430 g/mol. The number of imidazole rings is 1. The largest absolute Gasteiger partial charge is 0.461 e. The number of carbonyl (C=O) groups excluding carboxylic acids is 2. The van der Waals surface area contributed by atoms with Crippen LogP contribution in [0.2, 0.25) is 0 Å². The normalized spacial score (nSPS) is 15.7. The summed E-state index contributed by atoms with van der Waals surface area (Å²) in [5.41, 5.74) is 4.25. The van der Waals surface area contributed by atoms with E-state index in [1.54, 1.807) is 18.5 Å². The molecule has 8 nitrogen and oxygen atoms in total. The van der Waals surface area contributed by atoms with Crippen molar-refractivity contribution in [2.75, 3.05) is 13.1 Å². The summed E-state index contributed by atoms with van der Waals surface area (Å²) < 4.78 is 34.3. The maximum atomic E-state index is 12.8. The number of nitrogens with zero attached hydrogens (tertiary/aromatic N) is 3. The summed E-state index contributed by atoms with van der Waals surface area (Å²) in [5, 5.41) is 0.0325. The summed E-state index contributed by atoms with van der Waals surface area (Å²) in [7, 11) is -1.93. The van der Waals surface area contributed by atoms with Gasteiger partial charge in [-0.2, -0.15) is 4.31 Å². The molecule has 0 unspecified atom stereocenters. The maximum Gasteiger partial charge on any atom is 0.309 e. The molecule has 1 fully saturated rings. The van der Waals surface area contributed by atoms with Crippen molar-refractivity contribution in [3.63, 3.8) is 0 Å². The lowest BCUT2D eigenvalue weighted by Gasteiger charge is -2.29. The molecule has 0 aliphatic carbocycles. The van der Waals surface area contributed by atoms with Crippen LogP contribution in [0.25, 0.3) is 0 Å². The summed E-state index contributed by atoms with van der Waals surface area (Å²) >= 11 is 0. The highest BCUT2D eigenvalue weighted by Gasteiger charge is 2.34. The van der Waals surface area contributed by atoms with Gasteiger partial charge in [0, 0.05) is 31.9 Å². The van der Waals surface area contributed by atoms with E-state index in [1.807, 2.05) is 26.8 Å². The van der Waals surface area contributed by atoms with Gasteiger partial charge >= 0.3 is 5.97 Å². The summed E-state index contributed by atoms with van der Waals surface area (Å²) in [6.45, 7) is 9.60. The second kappa shape index (κ2) is 9.15. The molecular formula is C23H31N3O5S. The van der Waals surface area contributed by atoms with Crippen molar-refractivity contribution in [3.8, 4) is 0 Å². The predicted octanol–water partition coefficient (Wildman–Crippen LogP) is 3.00. The van der Waals surface area contributed by atoms with Crippen LogP contribution in [0.3, 0.4) is 0 Å². The van der Waals surface area contributed by atoms with E-state index < -0.39 is 10.0 Å². The Labute approximate surface area is 189 Å². The zero-order chi connectivity index (χ0) is 23.8. The van der Waals surface area contributed by atoms with Gasteiger partial charge in [-0.3, -0.25) is 9.59 Å². The molecule has 1 aliphatic rings. The first-order chi connectivity index (χ1) is 14.9. The lowest BCUT2D eigenvalue weighted by molar-refractivity contribution is -0.151. The third-order valence-corrected chi connectivity index (χ3v) is 8.09.